The highest BCUT2D eigenvalue weighted by Crippen LogP contribution is 2.21. The second-order valence-corrected chi connectivity index (χ2v) is 5.49. The van der Waals surface area contributed by atoms with Crippen molar-refractivity contribution < 1.29 is 9.53 Å². The van der Waals surface area contributed by atoms with E-state index in [-0.39, 0.29) is 18.0 Å². The van der Waals surface area contributed by atoms with Crippen LogP contribution in [0.25, 0.3) is 0 Å². The van der Waals surface area contributed by atoms with E-state index in [1.54, 1.807) is 0 Å². The van der Waals surface area contributed by atoms with Gasteiger partial charge in [-0.1, -0.05) is 29.8 Å². The van der Waals surface area contributed by atoms with Crippen LogP contribution in [0, 0.1) is 0 Å². The molecule has 1 aromatic carbocycles. The van der Waals surface area contributed by atoms with Gasteiger partial charge in [0.1, 0.15) is 0 Å². The lowest BCUT2D eigenvalue weighted by Crippen LogP contribution is -2.43. The second kappa shape index (κ2) is 7.62. The summed E-state index contributed by atoms with van der Waals surface area (Å²) < 4.78 is 5.27. The molecule has 0 saturated carbocycles. The molecule has 1 aliphatic heterocycles. The van der Waals surface area contributed by atoms with Gasteiger partial charge < -0.3 is 15.4 Å². The van der Waals surface area contributed by atoms with Crippen molar-refractivity contribution in [2.45, 2.75) is 31.8 Å². The minimum Gasteiger partial charge on any atom is -0.381 e. The minimum atomic E-state index is 0.0239. The van der Waals surface area contributed by atoms with Crippen LogP contribution in [0.2, 0.25) is 5.02 Å². The van der Waals surface area contributed by atoms with Gasteiger partial charge in [0, 0.05) is 30.3 Å². The van der Waals surface area contributed by atoms with Crippen LogP contribution < -0.4 is 10.6 Å². The average Bonchev–Trinajstić information content (AvgIpc) is 2.46. The van der Waals surface area contributed by atoms with Crippen LogP contribution in [-0.4, -0.2) is 31.7 Å². The Hall–Kier alpha value is -1.10. The third-order valence-electron chi connectivity index (χ3n) is 3.53. The van der Waals surface area contributed by atoms with Crippen LogP contribution >= 0.6 is 11.6 Å². The van der Waals surface area contributed by atoms with Gasteiger partial charge in [0.05, 0.1) is 6.54 Å². The molecule has 0 bridgehead atoms. The van der Waals surface area contributed by atoms with E-state index < -0.39 is 0 Å². The lowest BCUT2D eigenvalue weighted by Gasteiger charge is -2.23. The Balaban J connectivity index is 1.76. The third-order valence-corrected chi connectivity index (χ3v) is 3.87. The van der Waals surface area contributed by atoms with Crippen molar-refractivity contribution in [1.29, 1.82) is 0 Å². The SMILES string of the molecule is C[C@H](NCC(=O)NC1CCOCC1)c1ccccc1Cl. The summed E-state index contributed by atoms with van der Waals surface area (Å²) >= 11 is 6.14. The number of nitrogens with one attached hydrogen (secondary N) is 2. The molecular weight excluding hydrogens is 276 g/mol. The Morgan fingerprint density at radius 2 is 2.10 bits per heavy atom. The summed E-state index contributed by atoms with van der Waals surface area (Å²) in [5.41, 5.74) is 1.01. The Morgan fingerprint density at radius 3 is 2.80 bits per heavy atom. The fraction of sp³-hybridized carbons (Fsp3) is 0.533. The summed E-state index contributed by atoms with van der Waals surface area (Å²) in [6, 6.07) is 7.96. The van der Waals surface area contributed by atoms with Gasteiger partial charge in [0.25, 0.3) is 0 Å². The summed E-state index contributed by atoms with van der Waals surface area (Å²) in [5, 5.41) is 6.95. The van der Waals surface area contributed by atoms with Crippen molar-refractivity contribution in [2.75, 3.05) is 19.8 Å². The Bertz CT molecular complexity index is 447. The molecule has 5 heteroatoms. The molecule has 1 amide bonds. The molecule has 1 aromatic rings. The second-order valence-electron chi connectivity index (χ2n) is 5.08. The number of rotatable bonds is 5. The third kappa shape index (κ3) is 4.47. The van der Waals surface area contributed by atoms with E-state index in [9.17, 15) is 4.79 Å². The van der Waals surface area contributed by atoms with Gasteiger partial charge in [-0.05, 0) is 31.4 Å². The van der Waals surface area contributed by atoms with Crippen molar-refractivity contribution in [3.8, 4) is 0 Å². The molecule has 2 N–H and O–H groups in total. The molecular formula is C15H21ClN2O2. The number of benzene rings is 1. The fourth-order valence-electron chi connectivity index (χ4n) is 2.30. The van der Waals surface area contributed by atoms with Crippen LogP contribution in [0.4, 0.5) is 0 Å². The van der Waals surface area contributed by atoms with Gasteiger partial charge in [-0.15, -0.1) is 0 Å². The van der Waals surface area contributed by atoms with E-state index in [0.29, 0.717) is 6.54 Å². The first kappa shape index (κ1) is 15.3. The van der Waals surface area contributed by atoms with Crippen LogP contribution in [-0.2, 0) is 9.53 Å². The first-order valence-electron chi connectivity index (χ1n) is 7.01. The largest absolute Gasteiger partial charge is 0.381 e. The average molecular weight is 297 g/mol. The summed E-state index contributed by atoms with van der Waals surface area (Å²) in [5.74, 6) is 0.0239. The summed E-state index contributed by atoms with van der Waals surface area (Å²) in [4.78, 5) is 11.9. The van der Waals surface area contributed by atoms with E-state index in [1.165, 1.54) is 0 Å². The van der Waals surface area contributed by atoms with Crippen molar-refractivity contribution >= 4 is 17.5 Å². The molecule has 0 aliphatic carbocycles. The molecule has 2 rings (SSSR count). The van der Waals surface area contributed by atoms with E-state index in [0.717, 1.165) is 36.6 Å². The standard InChI is InChI=1S/C15H21ClN2O2/c1-11(13-4-2-3-5-14(13)16)17-10-15(19)18-12-6-8-20-9-7-12/h2-5,11-12,17H,6-10H2,1H3,(H,18,19)/t11-/m0/s1. The van der Waals surface area contributed by atoms with Crippen molar-refractivity contribution in [1.82, 2.24) is 10.6 Å². The normalized spacial score (nSPS) is 17.7. The summed E-state index contributed by atoms with van der Waals surface area (Å²) in [7, 11) is 0. The number of halogens is 1. The smallest absolute Gasteiger partial charge is 0.234 e. The zero-order valence-corrected chi connectivity index (χ0v) is 12.5. The van der Waals surface area contributed by atoms with Crippen LogP contribution in [0.1, 0.15) is 31.4 Å². The molecule has 1 fully saturated rings. The number of ether oxygens (including phenoxy) is 1. The molecule has 0 aromatic heterocycles. The highest BCUT2D eigenvalue weighted by atomic mass is 35.5. The lowest BCUT2D eigenvalue weighted by molar-refractivity contribution is -0.121. The lowest BCUT2D eigenvalue weighted by atomic mass is 10.1. The zero-order valence-electron chi connectivity index (χ0n) is 11.7. The van der Waals surface area contributed by atoms with E-state index in [1.807, 2.05) is 31.2 Å². The zero-order chi connectivity index (χ0) is 14.4. The van der Waals surface area contributed by atoms with Gasteiger partial charge in [0.15, 0.2) is 0 Å². The maximum absolute atomic E-state index is 11.9. The van der Waals surface area contributed by atoms with Gasteiger partial charge in [-0.2, -0.15) is 0 Å². The summed E-state index contributed by atoms with van der Waals surface area (Å²) in [6.07, 6.45) is 1.79. The molecule has 1 aliphatic rings. The topological polar surface area (TPSA) is 50.4 Å². The molecule has 20 heavy (non-hydrogen) atoms. The molecule has 4 nitrogen and oxygen atoms in total. The fourth-order valence-corrected chi connectivity index (χ4v) is 2.60. The maximum atomic E-state index is 11.9. The van der Waals surface area contributed by atoms with Crippen LogP contribution in [0.5, 0.6) is 0 Å². The molecule has 1 heterocycles. The first-order valence-corrected chi connectivity index (χ1v) is 7.39. The van der Waals surface area contributed by atoms with Gasteiger partial charge in [0.2, 0.25) is 5.91 Å². The number of carbonyl (C=O) groups is 1. The highest BCUT2D eigenvalue weighted by Gasteiger charge is 2.16. The maximum Gasteiger partial charge on any atom is 0.234 e. The number of carbonyl (C=O) groups excluding carboxylic acids is 1. The summed E-state index contributed by atoms with van der Waals surface area (Å²) in [6.45, 7) is 3.76. The van der Waals surface area contributed by atoms with Crippen molar-refractivity contribution in [2.24, 2.45) is 0 Å². The van der Waals surface area contributed by atoms with Gasteiger partial charge in [-0.3, -0.25) is 4.79 Å². The van der Waals surface area contributed by atoms with E-state index >= 15 is 0 Å². The number of hydrogen-bond donors (Lipinski definition) is 2. The molecule has 0 spiro atoms. The number of amides is 1. The molecule has 0 radical (unpaired) electrons. The monoisotopic (exact) mass is 296 g/mol. The highest BCUT2D eigenvalue weighted by molar-refractivity contribution is 6.31. The first-order chi connectivity index (χ1) is 9.66. The Kier molecular flexibility index (Phi) is 5.83. The molecule has 1 saturated heterocycles. The predicted molar refractivity (Wildman–Crippen MR) is 79.9 cm³/mol. The van der Waals surface area contributed by atoms with E-state index in [4.69, 9.17) is 16.3 Å². The van der Waals surface area contributed by atoms with Gasteiger partial charge in [-0.25, -0.2) is 0 Å². The van der Waals surface area contributed by atoms with E-state index in [2.05, 4.69) is 10.6 Å². The van der Waals surface area contributed by atoms with Crippen molar-refractivity contribution in [3.05, 3.63) is 34.9 Å². The Morgan fingerprint density at radius 1 is 1.40 bits per heavy atom. The van der Waals surface area contributed by atoms with Gasteiger partial charge >= 0.3 is 0 Å². The van der Waals surface area contributed by atoms with Crippen LogP contribution in [0.3, 0.4) is 0 Å². The molecule has 110 valence electrons. The quantitative estimate of drug-likeness (QED) is 0.876. The number of hydrogen-bond acceptors (Lipinski definition) is 3. The predicted octanol–water partition coefficient (Wildman–Crippen LogP) is 2.29. The minimum absolute atomic E-state index is 0.0239. The molecule has 1 atom stereocenters. The van der Waals surface area contributed by atoms with Crippen molar-refractivity contribution in [3.63, 3.8) is 0 Å². The van der Waals surface area contributed by atoms with Crippen LogP contribution in [0.15, 0.2) is 24.3 Å². The Labute approximate surface area is 124 Å². The molecule has 0 unspecified atom stereocenters.